The Kier molecular flexibility index (Phi) is 3.96. The maximum Gasteiger partial charge on any atom is 0.140 e. The fraction of sp³-hybridized carbons (Fsp3) is 0.250. The zero-order valence-corrected chi connectivity index (χ0v) is 11.4. The zero-order chi connectivity index (χ0) is 11.4. The van der Waals surface area contributed by atoms with Gasteiger partial charge in [-0.05, 0) is 63.3 Å². The summed E-state index contributed by atoms with van der Waals surface area (Å²) in [5, 5.41) is 7.63. The molecular formula is C12H13BrN2S. The number of thiophene rings is 1. The van der Waals surface area contributed by atoms with Gasteiger partial charge in [-0.1, -0.05) is 0 Å². The van der Waals surface area contributed by atoms with Crippen molar-refractivity contribution < 1.29 is 0 Å². The average molecular weight is 297 g/mol. The lowest BCUT2D eigenvalue weighted by Crippen LogP contribution is -2.06. The summed E-state index contributed by atoms with van der Waals surface area (Å²) in [5.41, 5.74) is 2.58. The van der Waals surface area contributed by atoms with Gasteiger partial charge in [0.1, 0.15) is 5.82 Å². The number of rotatable bonds is 4. The Morgan fingerprint density at radius 3 is 3.06 bits per heavy atom. The van der Waals surface area contributed by atoms with Gasteiger partial charge in [0.25, 0.3) is 0 Å². The molecule has 0 bridgehead atoms. The Balaban J connectivity index is 1.92. The van der Waals surface area contributed by atoms with Crippen LogP contribution in [-0.4, -0.2) is 11.5 Å². The van der Waals surface area contributed by atoms with Crippen molar-refractivity contribution in [3.63, 3.8) is 0 Å². The smallest absolute Gasteiger partial charge is 0.140 e. The lowest BCUT2D eigenvalue weighted by atomic mass is 10.2. The van der Waals surface area contributed by atoms with Crippen LogP contribution in [0, 0.1) is 6.92 Å². The van der Waals surface area contributed by atoms with Crippen LogP contribution >= 0.6 is 27.3 Å². The van der Waals surface area contributed by atoms with E-state index in [1.807, 2.05) is 12.3 Å². The van der Waals surface area contributed by atoms with Gasteiger partial charge < -0.3 is 5.32 Å². The van der Waals surface area contributed by atoms with E-state index in [1.54, 1.807) is 11.3 Å². The molecule has 0 aliphatic rings. The molecule has 2 rings (SSSR count). The van der Waals surface area contributed by atoms with Gasteiger partial charge >= 0.3 is 0 Å². The van der Waals surface area contributed by atoms with E-state index < -0.39 is 0 Å². The highest BCUT2D eigenvalue weighted by molar-refractivity contribution is 9.10. The van der Waals surface area contributed by atoms with E-state index in [9.17, 15) is 0 Å². The van der Waals surface area contributed by atoms with Crippen LogP contribution in [0.15, 0.2) is 33.6 Å². The normalized spacial score (nSPS) is 10.4. The van der Waals surface area contributed by atoms with Crippen LogP contribution in [0.5, 0.6) is 0 Å². The molecule has 0 unspecified atom stereocenters. The number of anilines is 1. The van der Waals surface area contributed by atoms with Crippen molar-refractivity contribution in [3.8, 4) is 0 Å². The molecule has 1 N–H and O–H groups in total. The molecule has 0 radical (unpaired) electrons. The van der Waals surface area contributed by atoms with E-state index in [0.717, 1.165) is 23.3 Å². The van der Waals surface area contributed by atoms with Gasteiger partial charge in [0.05, 0.1) is 4.47 Å². The van der Waals surface area contributed by atoms with Crippen LogP contribution in [0.2, 0.25) is 0 Å². The Morgan fingerprint density at radius 1 is 1.44 bits per heavy atom. The van der Waals surface area contributed by atoms with Gasteiger partial charge in [0.2, 0.25) is 0 Å². The number of aryl methyl sites for hydroxylation is 1. The third-order valence-corrected chi connectivity index (χ3v) is 4.10. The molecule has 84 valence electrons. The Labute approximate surface area is 108 Å². The van der Waals surface area contributed by atoms with Gasteiger partial charge in [0.15, 0.2) is 0 Å². The molecular weight excluding hydrogens is 284 g/mol. The highest BCUT2D eigenvalue weighted by Crippen LogP contribution is 2.23. The second-order valence-electron chi connectivity index (χ2n) is 3.60. The molecule has 0 saturated heterocycles. The summed E-state index contributed by atoms with van der Waals surface area (Å²) in [5.74, 6) is 0.926. The SMILES string of the molecule is Cc1ccnc(NCCc2ccsc2)c1Br. The first-order chi connectivity index (χ1) is 7.77. The van der Waals surface area contributed by atoms with Crippen LogP contribution in [0.3, 0.4) is 0 Å². The fourth-order valence-corrected chi connectivity index (χ4v) is 2.50. The van der Waals surface area contributed by atoms with Crippen molar-refractivity contribution in [1.29, 1.82) is 0 Å². The molecule has 0 spiro atoms. The maximum atomic E-state index is 4.30. The summed E-state index contributed by atoms with van der Waals surface area (Å²) in [6.07, 6.45) is 2.86. The van der Waals surface area contributed by atoms with E-state index in [1.165, 1.54) is 11.1 Å². The highest BCUT2D eigenvalue weighted by Gasteiger charge is 2.02. The lowest BCUT2D eigenvalue weighted by Gasteiger charge is -2.08. The topological polar surface area (TPSA) is 24.9 Å². The third kappa shape index (κ3) is 2.83. The van der Waals surface area contributed by atoms with Crippen molar-refractivity contribution in [3.05, 3.63) is 44.7 Å². The second-order valence-corrected chi connectivity index (χ2v) is 5.17. The largest absolute Gasteiger partial charge is 0.369 e. The quantitative estimate of drug-likeness (QED) is 0.926. The number of aromatic nitrogens is 1. The highest BCUT2D eigenvalue weighted by atomic mass is 79.9. The number of hydrogen-bond donors (Lipinski definition) is 1. The van der Waals surface area contributed by atoms with Crippen LogP contribution in [0.4, 0.5) is 5.82 Å². The molecule has 0 aromatic carbocycles. The molecule has 0 atom stereocenters. The van der Waals surface area contributed by atoms with Crippen molar-refractivity contribution in [2.45, 2.75) is 13.3 Å². The van der Waals surface area contributed by atoms with E-state index in [0.29, 0.717) is 0 Å². The number of halogens is 1. The zero-order valence-electron chi connectivity index (χ0n) is 9.03. The molecule has 16 heavy (non-hydrogen) atoms. The summed E-state index contributed by atoms with van der Waals surface area (Å²) in [7, 11) is 0. The second kappa shape index (κ2) is 5.46. The number of pyridine rings is 1. The van der Waals surface area contributed by atoms with Crippen molar-refractivity contribution in [2.75, 3.05) is 11.9 Å². The first-order valence-electron chi connectivity index (χ1n) is 5.13. The average Bonchev–Trinajstić information content (AvgIpc) is 2.77. The molecule has 0 aliphatic heterocycles. The maximum absolute atomic E-state index is 4.30. The fourth-order valence-electron chi connectivity index (χ4n) is 1.42. The predicted octanol–water partition coefficient (Wildman–Crippen LogP) is 3.87. The van der Waals surface area contributed by atoms with Crippen LogP contribution in [0.1, 0.15) is 11.1 Å². The van der Waals surface area contributed by atoms with Crippen LogP contribution in [-0.2, 0) is 6.42 Å². The van der Waals surface area contributed by atoms with Gasteiger partial charge in [-0.15, -0.1) is 0 Å². The van der Waals surface area contributed by atoms with E-state index >= 15 is 0 Å². The number of hydrogen-bond acceptors (Lipinski definition) is 3. The molecule has 2 aromatic rings. The molecule has 2 heterocycles. The molecule has 0 fully saturated rings. The summed E-state index contributed by atoms with van der Waals surface area (Å²) in [4.78, 5) is 4.30. The van der Waals surface area contributed by atoms with Crippen LogP contribution < -0.4 is 5.32 Å². The summed E-state index contributed by atoms with van der Waals surface area (Å²) < 4.78 is 1.06. The molecule has 2 nitrogen and oxygen atoms in total. The summed E-state index contributed by atoms with van der Waals surface area (Å²) in [6.45, 7) is 2.97. The minimum Gasteiger partial charge on any atom is -0.369 e. The van der Waals surface area contributed by atoms with Crippen molar-refractivity contribution in [1.82, 2.24) is 4.98 Å². The minimum atomic E-state index is 0.909. The number of nitrogens with zero attached hydrogens (tertiary/aromatic N) is 1. The van der Waals surface area contributed by atoms with E-state index in [-0.39, 0.29) is 0 Å². The van der Waals surface area contributed by atoms with Crippen molar-refractivity contribution >= 4 is 33.1 Å². The Bertz CT molecular complexity index is 454. The van der Waals surface area contributed by atoms with Crippen molar-refractivity contribution in [2.24, 2.45) is 0 Å². The predicted molar refractivity (Wildman–Crippen MR) is 73.2 cm³/mol. The monoisotopic (exact) mass is 296 g/mol. The molecule has 0 aliphatic carbocycles. The first-order valence-corrected chi connectivity index (χ1v) is 6.87. The van der Waals surface area contributed by atoms with Crippen LogP contribution in [0.25, 0.3) is 0 Å². The van der Waals surface area contributed by atoms with Gasteiger partial charge in [-0.3, -0.25) is 0 Å². The van der Waals surface area contributed by atoms with Gasteiger partial charge in [-0.25, -0.2) is 4.98 Å². The van der Waals surface area contributed by atoms with Gasteiger partial charge in [0, 0.05) is 12.7 Å². The standard InChI is InChI=1S/C12H13BrN2S/c1-9-2-5-14-12(11(9)13)15-6-3-10-4-7-16-8-10/h2,4-5,7-8H,3,6H2,1H3,(H,14,15). The summed E-state index contributed by atoms with van der Waals surface area (Å²) >= 11 is 5.27. The number of nitrogens with one attached hydrogen (secondary N) is 1. The van der Waals surface area contributed by atoms with E-state index in [4.69, 9.17) is 0 Å². The minimum absolute atomic E-state index is 0.909. The lowest BCUT2D eigenvalue weighted by molar-refractivity contribution is 1.01. The summed E-state index contributed by atoms with van der Waals surface area (Å²) in [6, 6.07) is 4.15. The Hall–Kier alpha value is -0.870. The van der Waals surface area contributed by atoms with Gasteiger partial charge in [-0.2, -0.15) is 11.3 Å². The molecule has 0 saturated carbocycles. The molecule has 0 amide bonds. The first kappa shape index (κ1) is 11.6. The Morgan fingerprint density at radius 2 is 2.31 bits per heavy atom. The van der Waals surface area contributed by atoms with E-state index in [2.05, 4.69) is 50.0 Å². The molecule has 2 aromatic heterocycles. The molecule has 4 heteroatoms. The third-order valence-electron chi connectivity index (χ3n) is 2.37.